The van der Waals surface area contributed by atoms with Crippen molar-refractivity contribution in [3.63, 3.8) is 0 Å². The molecule has 10 heteroatoms. The minimum Gasteiger partial charge on any atom is -0.445 e. The van der Waals surface area contributed by atoms with Crippen LogP contribution in [0.4, 0.5) is 0 Å². The number of aromatic nitrogens is 4. The first kappa shape index (κ1) is 25.9. The molecule has 1 saturated heterocycles. The summed E-state index contributed by atoms with van der Waals surface area (Å²) in [5, 5.41) is 11.7. The normalized spacial score (nSPS) is 19.9. The number of rotatable bonds is 7. The lowest BCUT2D eigenvalue weighted by molar-refractivity contribution is 0.0735. The van der Waals surface area contributed by atoms with Gasteiger partial charge in [0.05, 0.1) is 17.8 Å². The van der Waals surface area contributed by atoms with Crippen LogP contribution in [0.2, 0.25) is 0 Å². The number of oxazole rings is 1. The van der Waals surface area contributed by atoms with Gasteiger partial charge in [-0.1, -0.05) is 32.1 Å². The predicted octanol–water partition coefficient (Wildman–Crippen LogP) is 6.28. The molecule has 4 aromatic rings. The van der Waals surface area contributed by atoms with Gasteiger partial charge in [-0.15, -0.1) is 21.5 Å². The van der Waals surface area contributed by atoms with Gasteiger partial charge in [-0.3, -0.25) is 4.79 Å². The van der Waals surface area contributed by atoms with Crippen molar-refractivity contribution >= 4 is 17.2 Å². The molecule has 2 aliphatic rings. The van der Waals surface area contributed by atoms with Crippen molar-refractivity contribution in [2.75, 3.05) is 6.54 Å². The molecule has 1 aliphatic heterocycles. The number of benzene rings is 1. The molecule has 1 unspecified atom stereocenters. The Bertz CT molecular complexity index is 1440. The fourth-order valence-electron chi connectivity index (χ4n) is 5.97. The van der Waals surface area contributed by atoms with Crippen LogP contribution in [-0.4, -0.2) is 37.5 Å². The van der Waals surface area contributed by atoms with E-state index in [0.29, 0.717) is 46.8 Å². The zero-order valence-electron chi connectivity index (χ0n) is 22.4. The van der Waals surface area contributed by atoms with Crippen molar-refractivity contribution in [1.82, 2.24) is 25.1 Å². The first-order valence-electron chi connectivity index (χ1n) is 13.8. The second-order valence-corrected chi connectivity index (χ2v) is 12.0. The Morgan fingerprint density at radius 1 is 1.10 bits per heavy atom. The largest absolute Gasteiger partial charge is 0.445 e. The molecule has 0 radical (unpaired) electrons. The highest BCUT2D eigenvalue weighted by Gasteiger charge is 2.34. The Balaban J connectivity index is 1.32. The maximum absolute atomic E-state index is 13.9. The maximum Gasteiger partial charge on any atom is 0.254 e. The maximum atomic E-state index is 13.9. The van der Waals surface area contributed by atoms with E-state index in [2.05, 4.69) is 20.2 Å². The number of carbonyl (C=O) groups is 1. The third-order valence-electron chi connectivity index (χ3n) is 7.89. The zero-order valence-corrected chi connectivity index (χ0v) is 23.2. The van der Waals surface area contributed by atoms with E-state index in [-0.39, 0.29) is 11.9 Å². The lowest BCUT2D eigenvalue weighted by Crippen LogP contribution is -2.36. The van der Waals surface area contributed by atoms with Crippen molar-refractivity contribution < 1.29 is 13.6 Å². The van der Waals surface area contributed by atoms with Gasteiger partial charge in [-0.25, -0.2) is 9.97 Å². The average Bonchev–Trinajstić information content (AvgIpc) is 3.74. The van der Waals surface area contributed by atoms with Crippen molar-refractivity contribution in [2.45, 2.75) is 76.8 Å². The molecule has 39 heavy (non-hydrogen) atoms. The number of nitrogens with zero attached hydrogens (tertiary/aromatic N) is 5. The molecule has 2 atom stereocenters. The standard InChI is InChI=1S/C29H34N6O3S/c1-18-17-39-26(32-18)23-9-6-11-35(23)27(36)22-14-20(24-31-10-12-37-24)13-21(15-22)25-33-34-28(38-25)29(2,30)16-19-7-4-3-5-8-19/h10,12-15,17,19,23H,3-9,11,16,30H2,1-2H3/t23-,29?/m1/s1. The number of aryl methyl sites for hydroxylation is 1. The van der Waals surface area contributed by atoms with E-state index in [4.69, 9.17) is 14.6 Å². The van der Waals surface area contributed by atoms with Crippen molar-refractivity contribution in [2.24, 2.45) is 11.7 Å². The molecule has 0 spiro atoms. The van der Waals surface area contributed by atoms with Gasteiger partial charge in [-0.2, -0.15) is 0 Å². The Morgan fingerprint density at radius 2 is 1.90 bits per heavy atom. The summed E-state index contributed by atoms with van der Waals surface area (Å²) in [7, 11) is 0. The SMILES string of the molecule is Cc1csc([C@H]2CCCN2C(=O)c2cc(-c3ncco3)cc(-c3nnc(C(C)(N)CC4CCCCC4)o3)c2)n1. The summed E-state index contributed by atoms with van der Waals surface area (Å²) >= 11 is 1.61. The fourth-order valence-corrected chi connectivity index (χ4v) is 6.91. The molecule has 6 rings (SSSR count). The monoisotopic (exact) mass is 546 g/mol. The van der Waals surface area contributed by atoms with Crippen molar-refractivity contribution in [1.29, 1.82) is 0 Å². The second-order valence-electron chi connectivity index (χ2n) is 11.2. The molecule has 0 bridgehead atoms. The fraction of sp³-hybridized carbons (Fsp3) is 0.483. The minimum absolute atomic E-state index is 0.0298. The van der Waals surface area contributed by atoms with Crippen LogP contribution >= 0.6 is 11.3 Å². The summed E-state index contributed by atoms with van der Waals surface area (Å²) in [6.45, 7) is 4.62. The van der Waals surface area contributed by atoms with Gasteiger partial charge in [0, 0.05) is 34.3 Å². The summed E-state index contributed by atoms with van der Waals surface area (Å²) < 4.78 is 11.7. The summed E-state index contributed by atoms with van der Waals surface area (Å²) in [5.41, 5.74) is 8.77. The lowest BCUT2D eigenvalue weighted by Gasteiger charge is -2.29. The van der Waals surface area contributed by atoms with Crippen LogP contribution < -0.4 is 5.73 Å². The number of nitrogens with two attached hydrogens (primary N) is 1. The smallest absolute Gasteiger partial charge is 0.254 e. The predicted molar refractivity (Wildman–Crippen MR) is 148 cm³/mol. The van der Waals surface area contributed by atoms with Crippen LogP contribution in [0.5, 0.6) is 0 Å². The van der Waals surface area contributed by atoms with Crippen LogP contribution in [0, 0.1) is 12.8 Å². The summed E-state index contributed by atoms with van der Waals surface area (Å²) in [4.78, 5) is 24.8. The molecule has 2 N–H and O–H groups in total. The molecule has 1 aliphatic carbocycles. The van der Waals surface area contributed by atoms with Gasteiger partial charge in [0.1, 0.15) is 11.3 Å². The quantitative estimate of drug-likeness (QED) is 0.287. The third-order valence-corrected chi connectivity index (χ3v) is 8.96. The van der Waals surface area contributed by atoms with Crippen LogP contribution in [0.25, 0.3) is 22.9 Å². The molecule has 1 aromatic carbocycles. The summed E-state index contributed by atoms with van der Waals surface area (Å²) in [5.74, 6) is 1.65. The zero-order chi connectivity index (χ0) is 27.0. The topological polar surface area (TPSA) is 124 Å². The summed E-state index contributed by atoms with van der Waals surface area (Å²) in [6, 6.07) is 5.45. The summed E-state index contributed by atoms with van der Waals surface area (Å²) in [6.07, 6.45) is 11.9. The molecule has 3 aromatic heterocycles. The highest BCUT2D eigenvalue weighted by atomic mass is 32.1. The molecule has 1 saturated carbocycles. The molecule has 204 valence electrons. The Kier molecular flexibility index (Phi) is 7.07. The first-order chi connectivity index (χ1) is 18.9. The van der Waals surface area contributed by atoms with Gasteiger partial charge in [0.25, 0.3) is 5.91 Å². The molecule has 4 heterocycles. The Morgan fingerprint density at radius 3 is 2.62 bits per heavy atom. The van der Waals surface area contributed by atoms with Gasteiger partial charge in [0.15, 0.2) is 0 Å². The van der Waals surface area contributed by atoms with Gasteiger partial charge in [0.2, 0.25) is 17.7 Å². The molecular formula is C29H34N6O3S. The van der Waals surface area contributed by atoms with Gasteiger partial charge >= 0.3 is 0 Å². The van der Waals surface area contributed by atoms with E-state index in [9.17, 15) is 4.79 Å². The van der Waals surface area contributed by atoms with Gasteiger partial charge in [-0.05, 0) is 57.2 Å². The second kappa shape index (κ2) is 10.7. The Labute approximate surface area is 231 Å². The first-order valence-corrected chi connectivity index (χ1v) is 14.7. The number of amides is 1. The molecule has 1 amide bonds. The van der Waals surface area contributed by atoms with E-state index < -0.39 is 5.54 Å². The van der Waals surface area contributed by atoms with E-state index >= 15 is 0 Å². The number of hydrogen-bond donors (Lipinski definition) is 1. The number of likely N-dealkylation sites (tertiary alicyclic amines) is 1. The van der Waals surface area contributed by atoms with Gasteiger partial charge < -0.3 is 19.5 Å². The van der Waals surface area contributed by atoms with E-state index in [1.165, 1.54) is 38.4 Å². The van der Waals surface area contributed by atoms with Crippen molar-refractivity contribution in [3.8, 4) is 22.9 Å². The average molecular weight is 547 g/mol. The van der Waals surface area contributed by atoms with E-state index in [1.807, 2.05) is 42.3 Å². The van der Waals surface area contributed by atoms with E-state index in [0.717, 1.165) is 30.0 Å². The number of thiazole rings is 1. The number of carbonyl (C=O) groups excluding carboxylic acids is 1. The lowest BCUT2D eigenvalue weighted by atomic mass is 9.80. The minimum atomic E-state index is -0.722. The highest BCUT2D eigenvalue weighted by molar-refractivity contribution is 7.09. The van der Waals surface area contributed by atoms with Crippen LogP contribution in [0.3, 0.4) is 0 Å². The van der Waals surface area contributed by atoms with E-state index in [1.54, 1.807) is 17.5 Å². The molecular weight excluding hydrogens is 512 g/mol. The number of hydrogen-bond acceptors (Lipinski definition) is 9. The third kappa shape index (κ3) is 5.40. The van der Waals surface area contributed by atoms with Crippen LogP contribution in [0.1, 0.15) is 91.3 Å². The highest BCUT2D eigenvalue weighted by Crippen LogP contribution is 2.37. The molecule has 2 fully saturated rings. The Hall–Kier alpha value is -3.37. The van der Waals surface area contributed by atoms with Crippen LogP contribution in [0.15, 0.2) is 44.9 Å². The van der Waals surface area contributed by atoms with Crippen molar-refractivity contribution in [3.05, 3.63) is 58.2 Å². The molecule has 9 nitrogen and oxygen atoms in total. The van der Waals surface area contributed by atoms with Crippen LogP contribution in [-0.2, 0) is 5.54 Å².